The molecule has 3 heterocycles. The van der Waals surface area contributed by atoms with Gasteiger partial charge in [-0.2, -0.15) is 0 Å². The van der Waals surface area contributed by atoms with Crippen molar-refractivity contribution in [2.45, 2.75) is 17.3 Å². The Morgan fingerprint density at radius 1 is 1.29 bits per heavy atom. The molecule has 0 unspecified atom stereocenters. The second-order valence-electron chi connectivity index (χ2n) is 5.11. The largest absolute Gasteiger partial charge is 0.497 e. The first-order chi connectivity index (χ1) is 11.7. The molecule has 24 heavy (non-hydrogen) atoms. The zero-order chi connectivity index (χ0) is 16.5. The SMILES string of the molecule is COc1ccc2nc(S[C@@H](C)c3nnc(-c4cccs4)o3)[nH]c2c1. The molecular weight excluding hydrogens is 344 g/mol. The summed E-state index contributed by atoms with van der Waals surface area (Å²) in [5, 5.41) is 11.1. The minimum atomic E-state index is -0.00586. The predicted molar refractivity (Wildman–Crippen MR) is 94.5 cm³/mol. The lowest BCUT2D eigenvalue weighted by Gasteiger charge is -2.02. The number of imidazole rings is 1. The number of nitrogens with zero attached hydrogens (tertiary/aromatic N) is 3. The standard InChI is InChI=1S/C16H14N4O2S2/c1-9(14-19-20-15(22-14)13-4-3-7-23-13)24-16-17-11-6-5-10(21-2)8-12(11)18-16/h3-9H,1-2H3,(H,17,18)/t9-/m0/s1. The lowest BCUT2D eigenvalue weighted by Crippen LogP contribution is -1.89. The van der Waals surface area contributed by atoms with Crippen molar-refractivity contribution in [3.05, 3.63) is 41.6 Å². The smallest absolute Gasteiger partial charge is 0.257 e. The summed E-state index contributed by atoms with van der Waals surface area (Å²) in [6.45, 7) is 2.02. The molecule has 122 valence electrons. The molecule has 0 saturated carbocycles. The highest BCUT2D eigenvalue weighted by atomic mass is 32.2. The number of thioether (sulfide) groups is 1. The fourth-order valence-corrected chi connectivity index (χ4v) is 3.76. The van der Waals surface area contributed by atoms with Crippen molar-refractivity contribution in [2.75, 3.05) is 7.11 Å². The molecule has 0 aliphatic carbocycles. The van der Waals surface area contributed by atoms with Gasteiger partial charge >= 0.3 is 0 Å². The van der Waals surface area contributed by atoms with Gasteiger partial charge in [-0.05, 0) is 30.5 Å². The lowest BCUT2D eigenvalue weighted by molar-refractivity contribution is 0.415. The topological polar surface area (TPSA) is 76.8 Å². The number of fused-ring (bicyclic) bond motifs is 1. The number of aromatic amines is 1. The molecule has 4 aromatic rings. The number of rotatable bonds is 5. The number of H-pyrrole nitrogens is 1. The lowest BCUT2D eigenvalue weighted by atomic mass is 10.3. The Kier molecular flexibility index (Phi) is 3.99. The first-order valence-electron chi connectivity index (χ1n) is 7.30. The van der Waals surface area contributed by atoms with Crippen LogP contribution in [0.2, 0.25) is 0 Å². The van der Waals surface area contributed by atoms with Gasteiger partial charge in [-0.25, -0.2) is 4.98 Å². The summed E-state index contributed by atoms with van der Waals surface area (Å²) in [6.07, 6.45) is 0. The van der Waals surface area contributed by atoms with Crippen molar-refractivity contribution in [2.24, 2.45) is 0 Å². The number of nitrogens with one attached hydrogen (secondary N) is 1. The van der Waals surface area contributed by atoms with Crippen LogP contribution in [0.25, 0.3) is 21.8 Å². The van der Waals surface area contributed by atoms with E-state index in [9.17, 15) is 0 Å². The highest BCUT2D eigenvalue weighted by Crippen LogP contribution is 2.35. The zero-order valence-electron chi connectivity index (χ0n) is 13.0. The Morgan fingerprint density at radius 3 is 3.00 bits per heavy atom. The van der Waals surface area contributed by atoms with E-state index in [0.717, 1.165) is 26.8 Å². The van der Waals surface area contributed by atoms with Crippen LogP contribution in [0.15, 0.2) is 45.3 Å². The minimum absolute atomic E-state index is 0.00586. The number of ether oxygens (including phenoxy) is 1. The summed E-state index contributed by atoms with van der Waals surface area (Å²) in [5.74, 6) is 1.94. The maximum Gasteiger partial charge on any atom is 0.257 e. The third kappa shape index (κ3) is 2.90. The zero-order valence-corrected chi connectivity index (χ0v) is 14.6. The molecule has 8 heteroatoms. The summed E-state index contributed by atoms with van der Waals surface area (Å²) in [7, 11) is 1.65. The fraction of sp³-hybridized carbons (Fsp3) is 0.188. The number of benzene rings is 1. The fourth-order valence-electron chi connectivity index (χ4n) is 2.26. The van der Waals surface area contributed by atoms with Gasteiger partial charge in [0.05, 0.1) is 28.3 Å². The average molecular weight is 358 g/mol. The average Bonchev–Trinajstić information content (AvgIpc) is 3.32. The van der Waals surface area contributed by atoms with Gasteiger partial charge in [-0.15, -0.1) is 21.5 Å². The molecule has 6 nitrogen and oxygen atoms in total. The molecule has 0 saturated heterocycles. The molecule has 0 aliphatic rings. The first kappa shape index (κ1) is 15.2. The van der Waals surface area contributed by atoms with Crippen LogP contribution in [0.1, 0.15) is 18.1 Å². The van der Waals surface area contributed by atoms with Gasteiger partial charge in [-0.1, -0.05) is 17.8 Å². The van der Waals surface area contributed by atoms with Crippen molar-refractivity contribution < 1.29 is 9.15 Å². The van der Waals surface area contributed by atoms with Crippen LogP contribution in [0.4, 0.5) is 0 Å². The Labute approximate surface area is 146 Å². The van der Waals surface area contributed by atoms with E-state index in [1.807, 2.05) is 42.6 Å². The van der Waals surface area contributed by atoms with Crippen molar-refractivity contribution in [3.8, 4) is 16.5 Å². The summed E-state index contributed by atoms with van der Waals surface area (Å²) in [6, 6.07) is 9.68. The molecule has 0 radical (unpaired) electrons. The maximum absolute atomic E-state index is 5.78. The number of aromatic nitrogens is 4. The van der Waals surface area contributed by atoms with E-state index in [2.05, 4.69) is 20.2 Å². The first-order valence-corrected chi connectivity index (χ1v) is 9.06. The van der Waals surface area contributed by atoms with Crippen LogP contribution < -0.4 is 4.74 Å². The molecule has 0 fully saturated rings. The van der Waals surface area contributed by atoms with Gasteiger partial charge in [0.2, 0.25) is 5.89 Å². The van der Waals surface area contributed by atoms with Crippen molar-refractivity contribution in [1.29, 1.82) is 0 Å². The second kappa shape index (κ2) is 6.29. The molecule has 1 aromatic carbocycles. The van der Waals surface area contributed by atoms with E-state index in [4.69, 9.17) is 9.15 Å². The second-order valence-corrected chi connectivity index (χ2v) is 7.39. The van der Waals surface area contributed by atoms with Gasteiger partial charge in [0.25, 0.3) is 5.89 Å². The molecule has 0 bridgehead atoms. The minimum Gasteiger partial charge on any atom is -0.497 e. The van der Waals surface area contributed by atoms with Gasteiger partial charge in [0, 0.05) is 6.07 Å². The van der Waals surface area contributed by atoms with E-state index in [1.54, 1.807) is 30.2 Å². The normalized spacial score (nSPS) is 12.6. The highest BCUT2D eigenvalue weighted by Gasteiger charge is 2.18. The number of hydrogen-bond acceptors (Lipinski definition) is 7. The van der Waals surface area contributed by atoms with E-state index in [-0.39, 0.29) is 5.25 Å². The van der Waals surface area contributed by atoms with E-state index in [0.29, 0.717) is 11.8 Å². The van der Waals surface area contributed by atoms with Crippen LogP contribution in [0.3, 0.4) is 0 Å². The summed E-state index contributed by atoms with van der Waals surface area (Å²) in [5.41, 5.74) is 1.84. The Morgan fingerprint density at radius 2 is 2.21 bits per heavy atom. The summed E-state index contributed by atoms with van der Waals surface area (Å²) >= 11 is 3.12. The van der Waals surface area contributed by atoms with E-state index >= 15 is 0 Å². The quantitative estimate of drug-likeness (QED) is 0.528. The Balaban J connectivity index is 1.54. The van der Waals surface area contributed by atoms with Crippen LogP contribution in [0.5, 0.6) is 5.75 Å². The maximum atomic E-state index is 5.78. The monoisotopic (exact) mass is 358 g/mol. The third-order valence-electron chi connectivity index (χ3n) is 3.48. The molecule has 0 amide bonds. The summed E-state index contributed by atoms with van der Waals surface area (Å²) in [4.78, 5) is 8.84. The van der Waals surface area contributed by atoms with Gasteiger partial charge in [0.1, 0.15) is 5.75 Å². The molecule has 3 aromatic heterocycles. The molecule has 1 N–H and O–H groups in total. The third-order valence-corrected chi connectivity index (χ3v) is 5.31. The van der Waals surface area contributed by atoms with Gasteiger partial charge < -0.3 is 14.1 Å². The predicted octanol–water partition coefficient (Wildman–Crippen LogP) is 4.54. The molecule has 1 atom stereocenters. The van der Waals surface area contributed by atoms with Crippen LogP contribution in [-0.4, -0.2) is 27.3 Å². The highest BCUT2D eigenvalue weighted by molar-refractivity contribution is 7.99. The van der Waals surface area contributed by atoms with Crippen LogP contribution in [0, 0.1) is 0 Å². The van der Waals surface area contributed by atoms with Crippen molar-refractivity contribution in [3.63, 3.8) is 0 Å². The van der Waals surface area contributed by atoms with Crippen LogP contribution >= 0.6 is 23.1 Å². The number of thiophene rings is 1. The van der Waals surface area contributed by atoms with Gasteiger partial charge in [0.15, 0.2) is 5.16 Å². The molecule has 0 aliphatic heterocycles. The van der Waals surface area contributed by atoms with Crippen LogP contribution in [-0.2, 0) is 0 Å². The van der Waals surface area contributed by atoms with E-state index < -0.39 is 0 Å². The molecule has 4 rings (SSSR count). The Hall–Kier alpha value is -2.32. The van der Waals surface area contributed by atoms with Gasteiger partial charge in [-0.3, -0.25) is 0 Å². The molecular formula is C16H14N4O2S2. The Bertz CT molecular complexity index is 962. The van der Waals surface area contributed by atoms with Crippen molar-refractivity contribution in [1.82, 2.24) is 20.2 Å². The number of methoxy groups -OCH3 is 1. The van der Waals surface area contributed by atoms with Crippen molar-refractivity contribution >= 4 is 34.1 Å². The van der Waals surface area contributed by atoms with E-state index in [1.165, 1.54) is 0 Å². The summed E-state index contributed by atoms with van der Waals surface area (Å²) < 4.78 is 11.0. The number of hydrogen-bond donors (Lipinski definition) is 1. The molecule has 0 spiro atoms.